The smallest absolute Gasteiger partial charge is 0.246 e. The zero-order chi connectivity index (χ0) is 13.0. The molecule has 1 aliphatic heterocycles. The molecule has 7 heteroatoms. The average Bonchev–Trinajstić information content (AvgIpc) is 2.91. The molecule has 2 heterocycles. The van der Waals surface area contributed by atoms with Gasteiger partial charge in [-0.1, -0.05) is 6.92 Å². The van der Waals surface area contributed by atoms with E-state index in [1.165, 1.54) is 12.4 Å². The summed E-state index contributed by atoms with van der Waals surface area (Å²) in [6.07, 6.45) is 4.81. The molecule has 2 N–H and O–H groups in total. The third-order valence-corrected chi connectivity index (χ3v) is 5.11. The molecule has 1 aromatic rings. The normalized spacial score (nSPS) is 22.2. The molecule has 0 aromatic carbocycles. The van der Waals surface area contributed by atoms with Crippen molar-refractivity contribution in [1.82, 2.24) is 19.8 Å². The molecule has 2 rings (SSSR count). The van der Waals surface area contributed by atoms with Crippen molar-refractivity contribution >= 4 is 10.0 Å². The largest absolute Gasteiger partial charge is 0.317 e. The first kappa shape index (κ1) is 13.5. The van der Waals surface area contributed by atoms with Gasteiger partial charge in [0.25, 0.3) is 0 Å². The Hall–Kier alpha value is -0.920. The SMILES string of the molecule is CCNCC1CCCN(S(=O)(=O)c2cn[nH]c2)C1. The number of piperidine rings is 1. The Morgan fingerprint density at radius 2 is 2.44 bits per heavy atom. The highest BCUT2D eigenvalue weighted by Crippen LogP contribution is 2.22. The van der Waals surface area contributed by atoms with Gasteiger partial charge in [-0.05, 0) is 31.8 Å². The summed E-state index contributed by atoms with van der Waals surface area (Å²) >= 11 is 0. The fraction of sp³-hybridized carbons (Fsp3) is 0.727. The Labute approximate surface area is 108 Å². The summed E-state index contributed by atoms with van der Waals surface area (Å²) in [5.74, 6) is 0.403. The lowest BCUT2D eigenvalue weighted by atomic mass is 10.00. The molecule has 0 spiro atoms. The minimum Gasteiger partial charge on any atom is -0.317 e. The second kappa shape index (κ2) is 5.81. The molecule has 0 radical (unpaired) electrons. The van der Waals surface area contributed by atoms with Crippen molar-refractivity contribution in [3.8, 4) is 0 Å². The maximum absolute atomic E-state index is 12.3. The van der Waals surface area contributed by atoms with Gasteiger partial charge >= 0.3 is 0 Å². The van der Waals surface area contributed by atoms with E-state index in [0.29, 0.717) is 19.0 Å². The van der Waals surface area contributed by atoms with Crippen molar-refractivity contribution in [2.24, 2.45) is 5.92 Å². The van der Waals surface area contributed by atoms with Crippen LogP contribution < -0.4 is 5.32 Å². The lowest BCUT2D eigenvalue weighted by molar-refractivity contribution is 0.261. The van der Waals surface area contributed by atoms with E-state index < -0.39 is 10.0 Å². The molecule has 0 bridgehead atoms. The van der Waals surface area contributed by atoms with Crippen molar-refractivity contribution < 1.29 is 8.42 Å². The first-order chi connectivity index (χ1) is 8.64. The Morgan fingerprint density at radius 1 is 1.61 bits per heavy atom. The molecule has 18 heavy (non-hydrogen) atoms. The highest BCUT2D eigenvalue weighted by molar-refractivity contribution is 7.89. The monoisotopic (exact) mass is 272 g/mol. The number of rotatable bonds is 5. The highest BCUT2D eigenvalue weighted by atomic mass is 32.2. The summed E-state index contributed by atoms with van der Waals surface area (Å²) in [7, 11) is -3.36. The van der Waals surface area contributed by atoms with E-state index >= 15 is 0 Å². The highest BCUT2D eigenvalue weighted by Gasteiger charge is 2.30. The van der Waals surface area contributed by atoms with Crippen molar-refractivity contribution in [2.45, 2.75) is 24.7 Å². The third kappa shape index (κ3) is 2.90. The zero-order valence-corrected chi connectivity index (χ0v) is 11.4. The average molecular weight is 272 g/mol. The van der Waals surface area contributed by atoms with Gasteiger partial charge in [-0.3, -0.25) is 5.10 Å². The van der Waals surface area contributed by atoms with Crippen LogP contribution in [-0.4, -0.2) is 49.1 Å². The van der Waals surface area contributed by atoms with Crippen molar-refractivity contribution in [1.29, 1.82) is 0 Å². The standard InChI is InChI=1S/C11H20N4O2S/c1-2-12-6-10-4-3-5-15(9-10)18(16,17)11-7-13-14-8-11/h7-8,10,12H,2-6,9H2,1H3,(H,13,14). The minimum atomic E-state index is -3.36. The van der Waals surface area contributed by atoms with Crippen LogP contribution in [0.25, 0.3) is 0 Å². The first-order valence-corrected chi connectivity index (χ1v) is 7.78. The van der Waals surface area contributed by atoms with Gasteiger partial charge in [-0.15, -0.1) is 0 Å². The zero-order valence-electron chi connectivity index (χ0n) is 10.6. The maximum atomic E-state index is 12.3. The summed E-state index contributed by atoms with van der Waals surface area (Å²) < 4.78 is 26.2. The Morgan fingerprint density at radius 3 is 3.11 bits per heavy atom. The molecule has 0 saturated carbocycles. The Balaban J connectivity index is 2.04. The van der Waals surface area contributed by atoms with Gasteiger partial charge < -0.3 is 5.32 Å². The summed E-state index contributed by atoms with van der Waals surface area (Å²) in [6.45, 7) is 5.07. The predicted octanol–water partition coefficient (Wildman–Crippen LogP) is 0.420. The second-order valence-electron chi connectivity index (χ2n) is 4.61. The summed E-state index contributed by atoms with van der Waals surface area (Å²) in [6, 6.07) is 0. The van der Waals surface area contributed by atoms with Gasteiger partial charge in [0, 0.05) is 19.3 Å². The van der Waals surface area contributed by atoms with E-state index in [1.807, 2.05) is 0 Å². The second-order valence-corrected chi connectivity index (χ2v) is 6.55. The van der Waals surface area contributed by atoms with E-state index in [1.54, 1.807) is 4.31 Å². The van der Waals surface area contributed by atoms with Crippen molar-refractivity contribution in [3.05, 3.63) is 12.4 Å². The number of H-pyrrole nitrogens is 1. The lowest BCUT2D eigenvalue weighted by Crippen LogP contribution is -2.42. The number of nitrogens with one attached hydrogen (secondary N) is 2. The van der Waals surface area contributed by atoms with Crippen molar-refractivity contribution in [3.63, 3.8) is 0 Å². The number of hydrogen-bond acceptors (Lipinski definition) is 4. The maximum Gasteiger partial charge on any atom is 0.246 e. The van der Waals surface area contributed by atoms with E-state index in [2.05, 4.69) is 22.4 Å². The first-order valence-electron chi connectivity index (χ1n) is 6.34. The molecule has 1 aromatic heterocycles. The number of aromatic amines is 1. The fourth-order valence-electron chi connectivity index (χ4n) is 2.29. The van der Waals surface area contributed by atoms with E-state index in [0.717, 1.165) is 25.9 Å². The molecule has 1 saturated heterocycles. The van der Waals surface area contributed by atoms with Crippen LogP contribution in [0.5, 0.6) is 0 Å². The van der Waals surface area contributed by atoms with E-state index in [9.17, 15) is 8.42 Å². The summed E-state index contributed by atoms with van der Waals surface area (Å²) in [5, 5.41) is 9.55. The lowest BCUT2D eigenvalue weighted by Gasteiger charge is -2.31. The van der Waals surface area contributed by atoms with Crippen molar-refractivity contribution in [2.75, 3.05) is 26.2 Å². The molecule has 0 amide bonds. The van der Waals surface area contributed by atoms with Gasteiger partial charge in [0.1, 0.15) is 4.90 Å². The number of aromatic nitrogens is 2. The summed E-state index contributed by atoms with van der Waals surface area (Å²) in [4.78, 5) is 0.256. The van der Waals surface area contributed by atoms with E-state index in [4.69, 9.17) is 0 Å². The molecule has 1 unspecified atom stereocenters. The molecule has 6 nitrogen and oxygen atoms in total. The van der Waals surface area contributed by atoms with Gasteiger partial charge in [0.05, 0.1) is 6.20 Å². The number of nitrogens with zero attached hydrogens (tertiary/aromatic N) is 2. The third-order valence-electron chi connectivity index (χ3n) is 3.28. The molecule has 1 aliphatic rings. The molecular formula is C11H20N4O2S. The van der Waals surface area contributed by atoms with E-state index in [-0.39, 0.29) is 4.90 Å². The fourth-order valence-corrected chi connectivity index (χ4v) is 3.75. The van der Waals surface area contributed by atoms with Gasteiger partial charge in [0.2, 0.25) is 10.0 Å². The molecular weight excluding hydrogens is 252 g/mol. The Kier molecular flexibility index (Phi) is 4.36. The van der Waals surface area contributed by atoms with Crippen LogP contribution in [0.4, 0.5) is 0 Å². The Bertz CT molecular complexity index is 457. The van der Waals surface area contributed by atoms with Crippen LogP contribution in [0, 0.1) is 5.92 Å². The molecule has 102 valence electrons. The summed E-state index contributed by atoms with van der Waals surface area (Å²) in [5.41, 5.74) is 0. The number of hydrogen-bond donors (Lipinski definition) is 2. The minimum absolute atomic E-state index is 0.256. The van der Waals surface area contributed by atoms with Crippen LogP contribution >= 0.6 is 0 Å². The van der Waals surface area contributed by atoms with Crippen LogP contribution in [0.3, 0.4) is 0 Å². The topological polar surface area (TPSA) is 78.1 Å². The number of sulfonamides is 1. The van der Waals surface area contributed by atoms with Crippen LogP contribution in [0.15, 0.2) is 17.3 Å². The predicted molar refractivity (Wildman–Crippen MR) is 68.6 cm³/mol. The van der Waals surface area contributed by atoms with Gasteiger partial charge in [0.15, 0.2) is 0 Å². The quantitative estimate of drug-likeness (QED) is 0.814. The van der Waals surface area contributed by atoms with Crippen LogP contribution in [0.1, 0.15) is 19.8 Å². The van der Waals surface area contributed by atoms with Crippen LogP contribution in [0.2, 0.25) is 0 Å². The molecule has 1 atom stereocenters. The molecule has 1 fully saturated rings. The van der Waals surface area contributed by atoms with Gasteiger partial charge in [-0.25, -0.2) is 8.42 Å². The van der Waals surface area contributed by atoms with Gasteiger partial charge in [-0.2, -0.15) is 9.40 Å². The van der Waals surface area contributed by atoms with Crippen LogP contribution in [-0.2, 0) is 10.0 Å². The molecule has 0 aliphatic carbocycles.